The summed E-state index contributed by atoms with van der Waals surface area (Å²) in [5, 5.41) is 9.84. The molecule has 2 N–H and O–H groups in total. The molecule has 12 heteroatoms. The van der Waals surface area contributed by atoms with E-state index in [1.165, 1.54) is 25.7 Å². The Morgan fingerprint density at radius 3 is 1.10 bits per heavy atom. The number of carbonyl (C=O) groups is 3. The van der Waals surface area contributed by atoms with E-state index < -0.39 is 64.4 Å². The predicted molar refractivity (Wildman–Crippen MR) is 334 cm³/mol. The maximum Gasteiger partial charge on any atom is 0.472 e. The van der Waals surface area contributed by atoms with Crippen molar-refractivity contribution in [2.75, 3.05) is 26.4 Å². The molecule has 0 saturated carbocycles. The first-order chi connectivity index (χ1) is 39.2. The van der Waals surface area contributed by atoms with E-state index in [0.29, 0.717) is 25.7 Å². The molecule has 3 unspecified atom stereocenters. The fourth-order valence-electron chi connectivity index (χ4n) is 7.38. The fraction of sp³-hybridized carbons (Fsp3) is 0.574. The lowest BCUT2D eigenvalue weighted by Gasteiger charge is -2.21. The maximum absolute atomic E-state index is 12.9. The number of carbonyl (C=O) groups excluding carboxylic acids is 3. The van der Waals surface area contributed by atoms with E-state index in [1.807, 2.05) is 12.2 Å². The maximum atomic E-state index is 12.9. The van der Waals surface area contributed by atoms with Gasteiger partial charge in [-0.2, -0.15) is 0 Å². The number of aliphatic hydroxyl groups excluding tert-OH is 1. The van der Waals surface area contributed by atoms with E-state index in [9.17, 15) is 28.9 Å². The zero-order chi connectivity index (χ0) is 58.3. The van der Waals surface area contributed by atoms with Gasteiger partial charge >= 0.3 is 25.7 Å². The first-order valence-electron chi connectivity index (χ1n) is 30.4. The minimum Gasteiger partial charge on any atom is -0.462 e. The van der Waals surface area contributed by atoms with Gasteiger partial charge in [0.05, 0.1) is 19.8 Å². The van der Waals surface area contributed by atoms with Crippen LogP contribution in [0, 0.1) is 0 Å². The third-order valence-electron chi connectivity index (χ3n) is 11.9. The van der Waals surface area contributed by atoms with Gasteiger partial charge in [0.2, 0.25) is 0 Å². The number of allylic oxidation sites excluding steroid dienone is 26. The summed E-state index contributed by atoms with van der Waals surface area (Å²) in [4.78, 5) is 48.6. The number of esters is 3. The van der Waals surface area contributed by atoms with Crippen LogP contribution < -0.4 is 0 Å². The van der Waals surface area contributed by atoms with Crippen LogP contribution in [0.5, 0.6) is 0 Å². The number of phosphoric ester groups is 1. The lowest BCUT2D eigenvalue weighted by atomic mass is 10.1. The number of ether oxygens (including phenoxy) is 3. The highest BCUT2D eigenvalue weighted by Crippen LogP contribution is 2.43. The van der Waals surface area contributed by atoms with Crippen molar-refractivity contribution in [3.8, 4) is 0 Å². The van der Waals surface area contributed by atoms with Crippen molar-refractivity contribution >= 4 is 25.7 Å². The standard InChI is InChI=1S/C68H107O11P/c1-4-7-10-13-16-19-22-25-28-30-32-34-37-40-43-46-49-52-55-58-67(71)78-64(60-69)62-76-80(73,74)77-63-65(61-75-66(70)57-54-51-48-45-42-39-36-27-24-21-18-15-12-9-6-3)79-68(72)59-56-53-50-47-44-41-38-35-33-31-29-26-23-20-17-14-11-8-5-2/h8-9,11-12,16-21,25-29,32-36,41-42,44-45,50,53,64-65,69H,4-7,10,13-15,22-24,30-31,37-40,43,46-49,51-52,54-63H2,1-3H3,(H,73,74)/b11-8-,12-9-,19-16-,20-17-,21-18-,28-25-,29-26-,34-32-,35-33-,36-27-,44-41-,45-42-,53-50-. The molecule has 0 aromatic rings. The Morgan fingerprint density at radius 1 is 0.362 bits per heavy atom. The molecule has 0 radical (unpaired) electrons. The van der Waals surface area contributed by atoms with Crippen LogP contribution >= 0.6 is 7.82 Å². The van der Waals surface area contributed by atoms with E-state index in [0.717, 1.165) is 122 Å². The minimum atomic E-state index is -4.80. The van der Waals surface area contributed by atoms with Crippen molar-refractivity contribution in [3.05, 3.63) is 158 Å². The molecule has 0 heterocycles. The molecule has 0 amide bonds. The van der Waals surface area contributed by atoms with Crippen molar-refractivity contribution in [2.45, 2.75) is 226 Å². The zero-order valence-corrected chi connectivity index (χ0v) is 50.6. The van der Waals surface area contributed by atoms with Gasteiger partial charge in [-0.15, -0.1) is 0 Å². The van der Waals surface area contributed by atoms with Crippen LogP contribution in [-0.4, -0.2) is 66.5 Å². The minimum absolute atomic E-state index is 0.0229. The average molecular weight is 1130 g/mol. The average Bonchev–Trinajstić information content (AvgIpc) is 3.45. The van der Waals surface area contributed by atoms with Gasteiger partial charge in [0, 0.05) is 19.3 Å². The van der Waals surface area contributed by atoms with Crippen molar-refractivity contribution < 1.29 is 52.2 Å². The van der Waals surface area contributed by atoms with Gasteiger partial charge < -0.3 is 24.2 Å². The Labute approximate surface area is 485 Å². The molecule has 0 aliphatic heterocycles. The Bertz CT molecular complexity index is 1950. The molecule has 0 aliphatic carbocycles. The summed E-state index contributed by atoms with van der Waals surface area (Å²) in [5.41, 5.74) is 0. The Balaban J connectivity index is 4.88. The van der Waals surface area contributed by atoms with Crippen molar-refractivity contribution in [1.29, 1.82) is 0 Å². The molecular weight excluding hydrogens is 1020 g/mol. The summed E-state index contributed by atoms with van der Waals surface area (Å²) < 4.78 is 39.5. The summed E-state index contributed by atoms with van der Waals surface area (Å²) in [7, 11) is -4.80. The molecule has 3 atom stereocenters. The quantitative estimate of drug-likeness (QED) is 0.0197. The van der Waals surface area contributed by atoms with Crippen LogP contribution in [0.2, 0.25) is 0 Å². The summed E-state index contributed by atoms with van der Waals surface area (Å²) in [6, 6.07) is 0. The van der Waals surface area contributed by atoms with Crippen LogP contribution in [0.4, 0.5) is 0 Å². The molecule has 0 rings (SSSR count). The molecule has 0 spiro atoms. The highest BCUT2D eigenvalue weighted by Gasteiger charge is 2.28. The second-order valence-corrected chi connectivity index (χ2v) is 20.8. The summed E-state index contributed by atoms with van der Waals surface area (Å²) in [5.74, 6) is -1.65. The zero-order valence-electron chi connectivity index (χ0n) is 49.7. The third kappa shape index (κ3) is 57.8. The Morgan fingerprint density at radius 2 is 0.675 bits per heavy atom. The molecule has 0 saturated heterocycles. The number of rotatable bonds is 54. The van der Waals surface area contributed by atoms with Crippen LogP contribution in [0.3, 0.4) is 0 Å². The van der Waals surface area contributed by atoms with Gasteiger partial charge in [0.1, 0.15) is 12.7 Å². The molecule has 0 aromatic heterocycles. The first kappa shape index (κ1) is 75.1. The van der Waals surface area contributed by atoms with Crippen molar-refractivity contribution in [1.82, 2.24) is 0 Å². The number of phosphoric acid groups is 1. The number of aliphatic hydroxyl groups is 1. The largest absolute Gasteiger partial charge is 0.472 e. The smallest absolute Gasteiger partial charge is 0.462 e. The van der Waals surface area contributed by atoms with Crippen LogP contribution in [0.25, 0.3) is 0 Å². The second kappa shape index (κ2) is 60.2. The van der Waals surface area contributed by atoms with Crippen molar-refractivity contribution in [3.63, 3.8) is 0 Å². The van der Waals surface area contributed by atoms with Gasteiger partial charge in [-0.1, -0.05) is 217 Å². The number of hydrogen-bond donors (Lipinski definition) is 2. The molecular formula is C68H107O11P. The molecule has 0 aromatic carbocycles. The van der Waals surface area contributed by atoms with E-state index >= 15 is 0 Å². The monoisotopic (exact) mass is 1130 g/mol. The number of unbranched alkanes of at least 4 members (excludes halogenated alkanes) is 11. The lowest BCUT2D eigenvalue weighted by molar-refractivity contribution is -0.161. The predicted octanol–water partition coefficient (Wildman–Crippen LogP) is 18.5. The van der Waals surface area contributed by atoms with Gasteiger partial charge in [-0.05, 0) is 135 Å². The topological polar surface area (TPSA) is 155 Å². The summed E-state index contributed by atoms with van der Waals surface area (Å²) >= 11 is 0. The summed E-state index contributed by atoms with van der Waals surface area (Å²) in [6.45, 7) is 4.22. The number of hydrogen-bond acceptors (Lipinski definition) is 10. The Hall–Kier alpha value is -4.90. The normalized spacial score (nSPS) is 14.4. The molecule has 0 bridgehead atoms. The van der Waals surface area contributed by atoms with E-state index in [4.69, 9.17) is 23.3 Å². The highest BCUT2D eigenvalue weighted by molar-refractivity contribution is 7.47. The van der Waals surface area contributed by atoms with Gasteiger partial charge in [-0.25, -0.2) is 4.57 Å². The molecule has 0 fully saturated rings. The molecule has 0 aliphatic rings. The lowest BCUT2D eigenvalue weighted by Crippen LogP contribution is -2.30. The summed E-state index contributed by atoms with van der Waals surface area (Å²) in [6.07, 6.45) is 79.3. The van der Waals surface area contributed by atoms with E-state index in [-0.39, 0.29) is 19.3 Å². The first-order valence-corrected chi connectivity index (χ1v) is 31.9. The van der Waals surface area contributed by atoms with Gasteiger partial charge in [0.15, 0.2) is 6.10 Å². The van der Waals surface area contributed by atoms with Crippen LogP contribution in [-0.2, 0) is 42.2 Å². The second-order valence-electron chi connectivity index (χ2n) is 19.4. The van der Waals surface area contributed by atoms with Crippen molar-refractivity contribution in [2.24, 2.45) is 0 Å². The third-order valence-corrected chi connectivity index (χ3v) is 12.9. The Kier molecular flexibility index (Phi) is 56.5. The van der Waals surface area contributed by atoms with Crippen LogP contribution in [0.15, 0.2) is 158 Å². The molecule has 11 nitrogen and oxygen atoms in total. The van der Waals surface area contributed by atoms with Gasteiger partial charge in [0.25, 0.3) is 0 Å². The van der Waals surface area contributed by atoms with Gasteiger partial charge in [-0.3, -0.25) is 23.4 Å². The fourth-order valence-corrected chi connectivity index (χ4v) is 8.16. The van der Waals surface area contributed by atoms with Crippen LogP contribution in [0.1, 0.15) is 213 Å². The van der Waals surface area contributed by atoms with E-state index in [1.54, 1.807) is 0 Å². The van der Waals surface area contributed by atoms with E-state index in [2.05, 4.69) is 167 Å². The molecule has 80 heavy (non-hydrogen) atoms. The molecule has 450 valence electrons. The SMILES string of the molecule is CC/C=C\C/C=C\C/C=C\C/C=C\C/C=C\C/C=C\CCC(=O)OC(COC(=O)CCCC/C=C\C/C=C\C/C=C\C/C=C\CC)COP(=O)(O)OCC(CO)OC(=O)CCCCCCCC/C=C\C/C=C\C/C=C\CCCCC. The highest BCUT2D eigenvalue weighted by atomic mass is 31.2.